The van der Waals surface area contributed by atoms with Gasteiger partial charge in [0.2, 0.25) is 5.95 Å². The summed E-state index contributed by atoms with van der Waals surface area (Å²) in [6.07, 6.45) is 0. The standard InChI is InChI=1S/C22H23N3O4/c1-26-16-9-10-17(27-2)20-19(16)18(28-3)11-13(21(20)29-4)12-25-15-8-6-5-7-14(15)24-22(25)23/h5-11H,12H2,1-4H3,(H2,23,24). The number of nitrogen functional groups attached to an aromatic ring is 1. The number of ether oxygens (including phenoxy) is 4. The lowest BCUT2D eigenvalue weighted by Gasteiger charge is -2.19. The Bertz CT molecular complexity index is 1200. The van der Waals surface area contributed by atoms with Crippen molar-refractivity contribution in [3.63, 3.8) is 0 Å². The number of benzene rings is 3. The number of aromatic nitrogens is 2. The maximum Gasteiger partial charge on any atom is 0.201 e. The average Bonchev–Trinajstić information content (AvgIpc) is 3.07. The SMILES string of the molecule is COc1ccc(OC)c2c(OC)c(Cn3c(N)nc4ccccc43)cc(OC)c12. The molecule has 0 unspecified atom stereocenters. The summed E-state index contributed by atoms with van der Waals surface area (Å²) >= 11 is 0. The second kappa shape index (κ2) is 7.43. The Hall–Kier alpha value is -3.61. The maximum atomic E-state index is 6.21. The highest BCUT2D eigenvalue weighted by Crippen LogP contribution is 2.46. The van der Waals surface area contributed by atoms with Crippen molar-refractivity contribution in [1.82, 2.24) is 9.55 Å². The third kappa shape index (κ3) is 2.95. The molecule has 4 rings (SSSR count). The van der Waals surface area contributed by atoms with E-state index in [1.54, 1.807) is 28.4 Å². The van der Waals surface area contributed by atoms with E-state index in [-0.39, 0.29) is 0 Å². The van der Waals surface area contributed by atoms with Crippen LogP contribution in [-0.4, -0.2) is 38.0 Å². The van der Waals surface area contributed by atoms with Crippen LogP contribution >= 0.6 is 0 Å². The molecule has 0 aliphatic heterocycles. The molecular weight excluding hydrogens is 370 g/mol. The van der Waals surface area contributed by atoms with Crippen molar-refractivity contribution in [3.8, 4) is 23.0 Å². The van der Waals surface area contributed by atoms with Crippen LogP contribution in [0.4, 0.5) is 5.95 Å². The number of fused-ring (bicyclic) bond motifs is 2. The summed E-state index contributed by atoms with van der Waals surface area (Å²) in [7, 11) is 6.52. The van der Waals surface area contributed by atoms with Crippen molar-refractivity contribution < 1.29 is 18.9 Å². The van der Waals surface area contributed by atoms with E-state index >= 15 is 0 Å². The zero-order valence-electron chi connectivity index (χ0n) is 16.9. The van der Waals surface area contributed by atoms with Crippen LogP contribution < -0.4 is 24.7 Å². The topological polar surface area (TPSA) is 80.8 Å². The summed E-state index contributed by atoms with van der Waals surface area (Å²) in [6, 6.07) is 13.5. The molecule has 0 saturated heterocycles. The molecule has 150 valence electrons. The Morgan fingerprint density at radius 2 is 1.48 bits per heavy atom. The van der Waals surface area contributed by atoms with Crippen LogP contribution in [0.5, 0.6) is 23.0 Å². The molecule has 0 aliphatic rings. The number of para-hydroxylation sites is 2. The molecule has 7 heteroatoms. The van der Waals surface area contributed by atoms with Gasteiger partial charge in [0.15, 0.2) is 0 Å². The van der Waals surface area contributed by atoms with Gasteiger partial charge in [-0.3, -0.25) is 0 Å². The fourth-order valence-corrected chi connectivity index (χ4v) is 3.77. The second-order valence-corrected chi connectivity index (χ2v) is 6.54. The van der Waals surface area contributed by atoms with Gasteiger partial charge >= 0.3 is 0 Å². The molecule has 0 aliphatic carbocycles. The van der Waals surface area contributed by atoms with Gasteiger partial charge in [-0.05, 0) is 30.3 Å². The zero-order valence-corrected chi connectivity index (χ0v) is 16.9. The molecule has 0 bridgehead atoms. The van der Waals surface area contributed by atoms with Crippen LogP contribution in [0.3, 0.4) is 0 Å². The first-order valence-corrected chi connectivity index (χ1v) is 9.12. The predicted molar refractivity (Wildman–Crippen MR) is 113 cm³/mol. The van der Waals surface area contributed by atoms with Gasteiger partial charge in [-0.1, -0.05) is 12.1 Å². The minimum absolute atomic E-state index is 0.435. The molecule has 7 nitrogen and oxygen atoms in total. The number of hydrogen-bond donors (Lipinski definition) is 1. The third-order valence-electron chi connectivity index (χ3n) is 5.08. The van der Waals surface area contributed by atoms with E-state index in [0.29, 0.717) is 35.5 Å². The van der Waals surface area contributed by atoms with Crippen molar-refractivity contribution in [3.05, 3.63) is 48.0 Å². The second-order valence-electron chi connectivity index (χ2n) is 6.54. The molecule has 0 saturated carbocycles. The van der Waals surface area contributed by atoms with E-state index in [9.17, 15) is 0 Å². The number of nitrogens with zero attached hydrogens (tertiary/aromatic N) is 2. The molecule has 2 N–H and O–H groups in total. The summed E-state index contributed by atoms with van der Waals surface area (Å²) in [4.78, 5) is 4.45. The zero-order chi connectivity index (χ0) is 20.5. The lowest BCUT2D eigenvalue weighted by Crippen LogP contribution is -2.07. The van der Waals surface area contributed by atoms with Gasteiger partial charge in [0.1, 0.15) is 23.0 Å². The van der Waals surface area contributed by atoms with E-state index in [1.165, 1.54) is 0 Å². The smallest absolute Gasteiger partial charge is 0.201 e. The molecule has 0 atom stereocenters. The van der Waals surface area contributed by atoms with Crippen LogP contribution in [0.15, 0.2) is 42.5 Å². The van der Waals surface area contributed by atoms with Crippen LogP contribution in [0, 0.1) is 0 Å². The first-order chi connectivity index (χ1) is 14.1. The molecule has 0 radical (unpaired) electrons. The molecule has 0 fully saturated rings. The van der Waals surface area contributed by atoms with Crippen molar-refractivity contribution in [2.24, 2.45) is 0 Å². The predicted octanol–water partition coefficient (Wildman–Crippen LogP) is 3.85. The summed E-state index contributed by atoms with van der Waals surface area (Å²) in [6.45, 7) is 0.461. The Morgan fingerprint density at radius 3 is 2.14 bits per heavy atom. The van der Waals surface area contributed by atoms with E-state index in [0.717, 1.165) is 27.4 Å². The van der Waals surface area contributed by atoms with Crippen molar-refractivity contribution in [2.75, 3.05) is 34.2 Å². The van der Waals surface area contributed by atoms with Crippen LogP contribution in [0.25, 0.3) is 21.8 Å². The lowest BCUT2D eigenvalue weighted by molar-refractivity contribution is 0.389. The Labute approximate surface area is 168 Å². The van der Waals surface area contributed by atoms with Crippen LogP contribution in [-0.2, 0) is 6.54 Å². The quantitative estimate of drug-likeness (QED) is 0.536. The van der Waals surface area contributed by atoms with Gasteiger partial charge in [0, 0.05) is 5.56 Å². The summed E-state index contributed by atoms with van der Waals surface area (Å²) in [5.41, 5.74) is 8.89. The van der Waals surface area contributed by atoms with Crippen LogP contribution in [0.1, 0.15) is 5.56 Å². The average molecular weight is 393 g/mol. The summed E-state index contributed by atoms with van der Waals surface area (Å²) in [5.74, 6) is 3.12. The Morgan fingerprint density at radius 1 is 0.828 bits per heavy atom. The molecule has 1 aromatic heterocycles. The van der Waals surface area contributed by atoms with Crippen LogP contribution in [0.2, 0.25) is 0 Å². The van der Waals surface area contributed by atoms with Gasteiger partial charge < -0.3 is 29.2 Å². The Kier molecular flexibility index (Phi) is 4.80. The first-order valence-electron chi connectivity index (χ1n) is 9.12. The molecule has 1 heterocycles. The Balaban J connectivity index is 2.01. The van der Waals surface area contributed by atoms with Crippen molar-refractivity contribution in [2.45, 2.75) is 6.54 Å². The largest absolute Gasteiger partial charge is 0.496 e. The molecule has 0 spiro atoms. The third-order valence-corrected chi connectivity index (χ3v) is 5.08. The van der Waals surface area contributed by atoms with Crippen molar-refractivity contribution >= 4 is 27.8 Å². The molecule has 29 heavy (non-hydrogen) atoms. The number of nitrogens with two attached hydrogens (primary N) is 1. The van der Waals surface area contributed by atoms with Gasteiger partial charge in [-0.15, -0.1) is 0 Å². The number of hydrogen-bond acceptors (Lipinski definition) is 6. The van der Waals surface area contributed by atoms with Gasteiger partial charge in [-0.2, -0.15) is 0 Å². The van der Waals surface area contributed by atoms with E-state index in [1.807, 2.05) is 47.0 Å². The van der Waals surface area contributed by atoms with E-state index < -0.39 is 0 Å². The van der Waals surface area contributed by atoms with Gasteiger partial charge in [-0.25, -0.2) is 4.98 Å². The minimum atomic E-state index is 0.435. The summed E-state index contributed by atoms with van der Waals surface area (Å²) < 4.78 is 24.7. The summed E-state index contributed by atoms with van der Waals surface area (Å²) in [5, 5.41) is 1.57. The van der Waals surface area contributed by atoms with Gasteiger partial charge in [0.25, 0.3) is 0 Å². The lowest BCUT2D eigenvalue weighted by atomic mass is 10.0. The fourth-order valence-electron chi connectivity index (χ4n) is 3.77. The minimum Gasteiger partial charge on any atom is -0.496 e. The van der Waals surface area contributed by atoms with Gasteiger partial charge in [0.05, 0.1) is 56.8 Å². The first kappa shape index (κ1) is 18.7. The highest BCUT2D eigenvalue weighted by atomic mass is 16.5. The molecular formula is C22H23N3O4. The monoisotopic (exact) mass is 393 g/mol. The van der Waals surface area contributed by atoms with Crippen molar-refractivity contribution in [1.29, 1.82) is 0 Å². The molecule has 4 aromatic rings. The fraction of sp³-hybridized carbons (Fsp3) is 0.227. The highest BCUT2D eigenvalue weighted by Gasteiger charge is 2.22. The maximum absolute atomic E-state index is 6.21. The number of methoxy groups -OCH3 is 4. The molecule has 3 aromatic carbocycles. The number of anilines is 1. The normalized spacial score (nSPS) is 11.0. The number of imidazole rings is 1. The van der Waals surface area contributed by atoms with E-state index in [2.05, 4.69) is 4.98 Å². The highest BCUT2D eigenvalue weighted by molar-refractivity contribution is 6.03. The number of rotatable bonds is 6. The molecule has 0 amide bonds. The van der Waals surface area contributed by atoms with E-state index in [4.69, 9.17) is 24.7 Å².